The van der Waals surface area contributed by atoms with Crippen LogP contribution in [0.25, 0.3) is 0 Å². The molecule has 13 rings (SSSR count). The maximum atomic E-state index is 2.48. The highest BCUT2D eigenvalue weighted by molar-refractivity contribution is 4.94. The lowest BCUT2D eigenvalue weighted by Gasteiger charge is -2.49. The van der Waals surface area contributed by atoms with Gasteiger partial charge in [0.2, 0.25) is 0 Å². The highest BCUT2D eigenvalue weighted by Gasteiger charge is 2.41. The van der Waals surface area contributed by atoms with Crippen molar-refractivity contribution in [3.05, 3.63) is 12.2 Å². The van der Waals surface area contributed by atoms with Crippen LogP contribution in [0.3, 0.4) is 0 Å². The second-order valence-electron chi connectivity index (χ2n) is 18.7. The molecule has 0 spiro atoms. The van der Waals surface area contributed by atoms with E-state index in [1.165, 1.54) is 133 Å². The van der Waals surface area contributed by atoms with E-state index in [1.54, 1.807) is 103 Å². The molecule has 13 aliphatic carbocycles. The third-order valence-electron chi connectivity index (χ3n) is 14.7. The molecular formula is C45H78. The molecule has 0 atom stereocenters. The van der Waals surface area contributed by atoms with E-state index in [-0.39, 0.29) is 0 Å². The van der Waals surface area contributed by atoms with Crippen LogP contribution in [0.1, 0.15) is 212 Å². The molecule has 13 aliphatic rings. The molecule has 45 heavy (non-hydrogen) atoms. The first-order valence-electron chi connectivity index (χ1n) is 21.9. The van der Waals surface area contributed by atoms with Crippen molar-refractivity contribution in [2.75, 3.05) is 0 Å². The van der Waals surface area contributed by atoms with Gasteiger partial charge < -0.3 is 0 Å². The Morgan fingerprint density at radius 2 is 0.600 bits per heavy atom. The fourth-order valence-electron chi connectivity index (χ4n) is 12.3. The second-order valence-corrected chi connectivity index (χ2v) is 18.7. The van der Waals surface area contributed by atoms with Gasteiger partial charge in [0, 0.05) is 0 Å². The third kappa shape index (κ3) is 12.3. The van der Waals surface area contributed by atoms with Crippen LogP contribution in [0.5, 0.6) is 0 Å². The Labute approximate surface area is 282 Å². The molecule has 0 aromatic carbocycles. The molecule has 8 bridgehead atoms. The van der Waals surface area contributed by atoms with Crippen molar-refractivity contribution in [1.29, 1.82) is 0 Å². The molecule has 0 N–H and O–H groups in total. The van der Waals surface area contributed by atoms with Crippen LogP contribution in [0, 0.1) is 59.2 Å². The normalized spacial score (nSPS) is 42.3. The Bertz CT molecular complexity index is 689. The summed E-state index contributed by atoms with van der Waals surface area (Å²) in [7, 11) is 0. The second kappa shape index (κ2) is 19.1. The summed E-state index contributed by atoms with van der Waals surface area (Å²) in [5.74, 6) is 11.2. The molecule has 0 aromatic rings. The highest BCUT2D eigenvalue weighted by atomic mass is 14.5. The summed E-state index contributed by atoms with van der Waals surface area (Å²) in [5.41, 5.74) is 0. The average molecular weight is 619 g/mol. The maximum Gasteiger partial charge on any atom is -0.0234 e. The molecule has 0 heteroatoms. The van der Waals surface area contributed by atoms with Gasteiger partial charge in [-0.3, -0.25) is 0 Å². The largest absolute Gasteiger partial charge is 0.0880 e. The summed E-state index contributed by atoms with van der Waals surface area (Å²) in [5, 5.41) is 0. The van der Waals surface area contributed by atoms with Crippen LogP contribution in [0.4, 0.5) is 0 Å². The van der Waals surface area contributed by atoms with E-state index in [1.807, 2.05) is 0 Å². The number of hydrogen-bond donors (Lipinski definition) is 0. The lowest BCUT2D eigenvalue weighted by Crippen LogP contribution is -2.38. The molecule has 11 saturated carbocycles. The van der Waals surface area contributed by atoms with E-state index in [4.69, 9.17) is 0 Å². The summed E-state index contributed by atoms with van der Waals surface area (Å²) in [6.45, 7) is 0. The molecule has 0 unspecified atom stereocenters. The van der Waals surface area contributed by atoms with Crippen LogP contribution in [0.15, 0.2) is 12.2 Å². The van der Waals surface area contributed by atoms with Crippen LogP contribution in [-0.4, -0.2) is 0 Å². The zero-order valence-corrected chi connectivity index (χ0v) is 30.3. The molecular weight excluding hydrogens is 540 g/mol. The molecule has 11 fully saturated rings. The van der Waals surface area contributed by atoms with Gasteiger partial charge in [-0.2, -0.15) is 0 Å². The topological polar surface area (TPSA) is 0 Å². The van der Waals surface area contributed by atoms with Crippen molar-refractivity contribution >= 4 is 0 Å². The fourth-order valence-corrected chi connectivity index (χ4v) is 12.3. The van der Waals surface area contributed by atoms with E-state index in [0.29, 0.717) is 0 Å². The molecule has 0 nitrogen and oxygen atoms in total. The van der Waals surface area contributed by atoms with Gasteiger partial charge in [0.25, 0.3) is 0 Å². The highest BCUT2D eigenvalue weighted by Crippen LogP contribution is 2.53. The Kier molecular flexibility index (Phi) is 14.7. The number of fused-ring (bicyclic) bond motifs is 12. The van der Waals surface area contributed by atoms with E-state index < -0.39 is 0 Å². The van der Waals surface area contributed by atoms with Gasteiger partial charge in [-0.05, 0) is 117 Å². The molecule has 0 aliphatic heterocycles. The first-order valence-corrected chi connectivity index (χ1v) is 21.9. The van der Waals surface area contributed by atoms with Gasteiger partial charge in [-0.1, -0.05) is 166 Å². The Hall–Kier alpha value is -0.260. The molecule has 0 saturated heterocycles. The quantitative estimate of drug-likeness (QED) is 0.237. The zero-order valence-electron chi connectivity index (χ0n) is 30.3. The third-order valence-corrected chi connectivity index (χ3v) is 14.7. The number of hydrogen-bond acceptors (Lipinski definition) is 0. The van der Waals surface area contributed by atoms with Gasteiger partial charge >= 0.3 is 0 Å². The Balaban J connectivity index is 0.000000102. The van der Waals surface area contributed by atoms with Gasteiger partial charge in [0.05, 0.1) is 0 Å². The maximum absolute atomic E-state index is 2.48. The van der Waals surface area contributed by atoms with Gasteiger partial charge in [0.15, 0.2) is 0 Å². The minimum absolute atomic E-state index is 0.941. The zero-order chi connectivity index (χ0) is 30.5. The van der Waals surface area contributed by atoms with Crippen LogP contribution < -0.4 is 0 Å². The summed E-state index contributed by atoms with van der Waals surface area (Å²) >= 11 is 0. The van der Waals surface area contributed by atoms with Crippen LogP contribution in [-0.2, 0) is 0 Å². The number of rotatable bonds is 0. The summed E-state index contributed by atoms with van der Waals surface area (Å²) in [6, 6.07) is 0. The van der Waals surface area contributed by atoms with Crippen molar-refractivity contribution < 1.29 is 0 Å². The lowest BCUT2D eigenvalue weighted by molar-refractivity contribution is 0.0198. The van der Waals surface area contributed by atoms with Crippen molar-refractivity contribution in [2.45, 2.75) is 212 Å². The molecule has 0 heterocycles. The van der Waals surface area contributed by atoms with Gasteiger partial charge in [-0.15, -0.1) is 0 Å². The first kappa shape index (κ1) is 34.6. The van der Waals surface area contributed by atoms with Crippen molar-refractivity contribution in [1.82, 2.24) is 0 Å². The summed E-state index contributed by atoms with van der Waals surface area (Å²) in [6.07, 6.45) is 55.6. The van der Waals surface area contributed by atoms with E-state index >= 15 is 0 Å². The first-order chi connectivity index (χ1) is 22.3. The van der Waals surface area contributed by atoms with Crippen molar-refractivity contribution in [3.63, 3.8) is 0 Å². The standard InChI is InChI=1S/C11H20.C11H18.C10H16.C10H18.C3H6/c2*1-4-10-6-2-7-11(5-1)9-3-8-10;1-7-2-9-4-8(1)5-10(3-7)6-9;1-2-6-10-8-4-3-7-9(10)5-1;1-2-3-1/h10-11H,1-9H2;1,4,10-11H,2-3,5-9H2;7-10H,1-6H2;9-10H,1-8H2;1-3H2. The molecule has 0 amide bonds. The van der Waals surface area contributed by atoms with E-state index in [9.17, 15) is 0 Å². The Morgan fingerprint density at radius 1 is 0.267 bits per heavy atom. The molecule has 0 aromatic heterocycles. The van der Waals surface area contributed by atoms with E-state index in [0.717, 1.165) is 35.5 Å². The van der Waals surface area contributed by atoms with Crippen molar-refractivity contribution in [3.8, 4) is 0 Å². The van der Waals surface area contributed by atoms with Gasteiger partial charge in [0.1, 0.15) is 0 Å². The lowest BCUT2D eigenvalue weighted by atomic mass is 9.56. The minimum Gasteiger partial charge on any atom is -0.0880 e. The SMILES string of the molecule is C1=CC2CCCC(C1)CCC2.C1C2CC3CC1CC(C2)C3.C1CC1.C1CC2CCCC(C1)CCC2.C1CCC2CCCCC2C1. The van der Waals surface area contributed by atoms with E-state index in [2.05, 4.69) is 12.2 Å². The van der Waals surface area contributed by atoms with Crippen molar-refractivity contribution in [2.24, 2.45) is 59.2 Å². The molecule has 258 valence electrons. The van der Waals surface area contributed by atoms with Crippen LogP contribution in [0.2, 0.25) is 0 Å². The summed E-state index contributed by atoms with van der Waals surface area (Å²) < 4.78 is 0. The Morgan fingerprint density at radius 3 is 0.956 bits per heavy atom. The van der Waals surface area contributed by atoms with Crippen LogP contribution >= 0.6 is 0 Å². The predicted molar refractivity (Wildman–Crippen MR) is 196 cm³/mol. The minimum atomic E-state index is 0.941. The molecule has 0 radical (unpaired) electrons. The predicted octanol–water partition coefficient (Wildman–Crippen LogP) is 14.7. The number of allylic oxidation sites excluding steroid dienone is 2. The monoisotopic (exact) mass is 619 g/mol. The van der Waals surface area contributed by atoms with Gasteiger partial charge in [-0.25, -0.2) is 0 Å². The smallest absolute Gasteiger partial charge is 0.0234 e. The summed E-state index contributed by atoms with van der Waals surface area (Å²) in [4.78, 5) is 0. The average Bonchev–Trinajstić information content (AvgIpc) is 3.86. The fraction of sp³-hybridized carbons (Fsp3) is 0.956.